The van der Waals surface area contributed by atoms with Gasteiger partial charge in [0, 0.05) is 0 Å². The molecule has 0 aromatic rings. The van der Waals surface area contributed by atoms with E-state index in [0.717, 1.165) is 12.8 Å². The molecule has 0 aliphatic heterocycles. The number of rotatable bonds is 4. The molecule has 0 bridgehead atoms. The van der Waals surface area contributed by atoms with Gasteiger partial charge in [0.25, 0.3) is 0 Å². The first kappa shape index (κ1) is 11.4. The highest BCUT2D eigenvalue weighted by atomic mass is 17.1. The molecule has 0 fully saturated rings. The molecule has 0 rings (SSSR count). The van der Waals surface area contributed by atoms with Crippen LogP contribution in [0.3, 0.4) is 0 Å². The Morgan fingerprint density at radius 2 is 2.00 bits per heavy atom. The van der Waals surface area contributed by atoms with Gasteiger partial charge in [-0.1, -0.05) is 13.8 Å². The summed E-state index contributed by atoms with van der Waals surface area (Å²) in [5, 5.41) is 8.19. The van der Waals surface area contributed by atoms with E-state index in [9.17, 15) is 4.79 Å². The summed E-state index contributed by atoms with van der Waals surface area (Å²) in [6.45, 7) is 7.74. The average Bonchev–Trinajstić information content (AvgIpc) is 1.99. The van der Waals surface area contributed by atoms with E-state index in [4.69, 9.17) is 5.26 Å². The maximum absolute atomic E-state index is 11.0. The third-order valence-electron chi connectivity index (χ3n) is 1.98. The van der Waals surface area contributed by atoms with Gasteiger partial charge in [-0.15, -0.1) is 0 Å². The number of carbonyl (C=O) groups is 1. The lowest BCUT2D eigenvalue weighted by Gasteiger charge is -2.20. The molecule has 0 aromatic heterocycles. The van der Waals surface area contributed by atoms with Crippen LogP contribution in [-0.4, -0.2) is 11.2 Å². The third kappa shape index (κ3) is 3.72. The van der Waals surface area contributed by atoms with E-state index >= 15 is 0 Å². The van der Waals surface area contributed by atoms with Gasteiger partial charge in [-0.3, -0.25) is 0 Å². The van der Waals surface area contributed by atoms with Gasteiger partial charge in [-0.2, -0.15) is 5.26 Å². The van der Waals surface area contributed by atoms with Crippen LogP contribution >= 0.6 is 0 Å². The minimum absolute atomic E-state index is 0.553. The second-order valence-corrected chi connectivity index (χ2v) is 4.20. The topological polar surface area (TPSA) is 46.5 Å². The van der Waals surface area contributed by atoms with E-state index in [-0.39, 0.29) is 0 Å². The Morgan fingerprint density at radius 1 is 1.50 bits per heavy atom. The molecule has 3 nitrogen and oxygen atoms in total. The molecule has 0 aliphatic carbocycles. The zero-order chi connectivity index (χ0) is 9.78. The molecule has 0 saturated carbocycles. The van der Waals surface area contributed by atoms with Gasteiger partial charge in [0.2, 0.25) is 0 Å². The molecule has 0 radical (unpaired) electrons. The summed E-state index contributed by atoms with van der Waals surface area (Å²) in [5.74, 6) is 0.0129. The van der Waals surface area contributed by atoms with E-state index in [0.29, 0.717) is 5.92 Å². The van der Waals surface area contributed by atoms with Crippen molar-refractivity contribution in [3.8, 4) is 0 Å². The van der Waals surface area contributed by atoms with Gasteiger partial charge >= 0.3 is 5.97 Å². The van der Waals surface area contributed by atoms with Crippen LogP contribution in [0.25, 0.3) is 0 Å². The van der Waals surface area contributed by atoms with E-state index in [1.807, 2.05) is 0 Å². The molecule has 72 valence electrons. The molecule has 0 unspecified atom stereocenters. The minimum Gasteiger partial charge on any atom is -0.300 e. The SMILES string of the molecule is CC(C)CCC(C)(C)C(=O)OO. The molecule has 0 aromatic carbocycles. The highest BCUT2D eigenvalue weighted by molar-refractivity contribution is 5.75. The van der Waals surface area contributed by atoms with Gasteiger partial charge in [-0.05, 0) is 32.6 Å². The van der Waals surface area contributed by atoms with Crippen LogP contribution in [0.15, 0.2) is 0 Å². The van der Waals surface area contributed by atoms with Crippen LogP contribution in [0.5, 0.6) is 0 Å². The molecular formula is C9H18O3. The first-order valence-corrected chi connectivity index (χ1v) is 4.26. The zero-order valence-electron chi connectivity index (χ0n) is 8.26. The molecule has 0 saturated heterocycles. The van der Waals surface area contributed by atoms with E-state index < -0.39 is 11.4 Å². The van der Waals surface area contributed by atoms with E-state index in [1.54, 1.807) is 13.8 Å². The normalized spacial score (nSPS) is 11.8. The summed E-state index contributed by atoms with van der Waals surface area (Å²) in [7, 11) is 0. The predicted octanol–water partition coefficient (Wildman–Crippen LogP) is 2.46. The Kier molecular flexibility index (Phi) is 4.24. The smallest absolute Gasteiger partial charge is 0.300 e. The van der Waals surface area contributed by atoms with Crippen molar-refractivity contribution in [3.63, 3.8) is 0 Å². The van der Waals surface area contributed by atoms with Crippen LogP contribution in [0.2, 0.25) is 0 Å². The summed E-state index contributed by atoms with van der Waals surface area (Å²) in [6.07, 6.45) is 1.70. The molecule has 0 atom stereocenters. The van der Waals surface area contributed by atoms with Crippen molar-refractivity contribution in [2.75, 3.05) is 0 Å². The molecule has 12 heavy (non-hydrogen) atoms. The fourth-order valence-corrected chi connectivity index (χ4v) is 0.875. The van der Waals surface area contributed by atoms with Crippen molar-refractivity contribution >= 4 is 5.97 Å². The molecule has 1 N–H and O–H groups in total. The highest BCUT2D eigenvalue weighted by Gasteiger charge is 2.29. The highest BCUT2D eigenvalue weighted by Crippen LogP contribution is 2.25. The predicted molar refractivity (Wildman–Crippen MR) is 46.6 cm³/mol. The van der Waals surface area contributed by atoms with Crippen molar-refractivity contribution in [2.24, 2.45) is 11.3 Å². The second kappa shape index (κ2) is 4.45. The zero-order valence-corrected chi connectivity index (χ0v) is 8.26. The van der Waals surface area contributed by atoms with Crippen LogP contribution in [0, 0.1) is 11.3 Å². The molecule has 0 aliphatic rings. The average molecular weight is 174 g/mol. The largest absolute Gasteiger partial charge is 0.347 e. The van der Waals surface area contributed by atoms with Crippen molar-refractivity contribution in [1.82, 2.24) is 0 Å². The lowest BCUT2D eigenvalue weighted by Crippen LogP contribution is -2.26. The summed E-state index contributed by atoms with van der Waals surface area (Å²) < 4.78 is 0. The Hall–Kier alpha value is -0.570. The summed E-state index contributed by atoms with van der Waals surface area (Å²) in [4.78, 5) is 14.7. The minimum atomic E-state index is -0.570. The molecule has 0 amide bonds. The molecule has 0 heterocycles. The van der Waals surface area contributed by atoms with Gasteiger partial charge in [0.1, 0.15) is 0 Å². The Morgan fingerprint density at radius 3 is 2.33 bits per heavy atom. The Labute approximate surface area is 73.7 Å². The van der Waals surface area contributed by atoms with Crippen LogP contribution < -0.4 is 0 Å². The van der Waals surface area contributed by atoms with Crippen molar-refractivity contribution in [1.29, 1.82) is 0 Å². The quantitative estimate of drug-likeness (QED) is 0.526. The van der Waals surface area contributed by atoms with Crippen molar-refractivity contribution in [3.05, 3.63) is 0 Å². The maximum Gasteiger partial charge on any atom is 0.347 e. The Balaban J connectivity index is 3.95. The second-order valence-electron chi connectivity index (χ2n) is 4.20. The van der Waals surface area contributed by atoms with Gasteiger partial charge in [0.15, 0.2) is 0 Å². The fourth-order valence-electron chi connectivity index (χ4n) is 0.875. The first-order valence-electron chi connectivity index (χ1n) is 4.26. The number of hydrogen-bond acceptors (Lipinski definition) is 3. The molecular weight excluding hydrogens is 156 g/mol. The monoisotopic (exact) mass is 174 g/mol. The van der Waals surface area contributed by atoms with Crippen LogP contribution in [-0.2, 0) is 9.68 Å². The number of carbonyl (C=O) groups excluding carboxylic acids is 1. The summed E-state index contributed by atoms with van der Waals surface area (Å²) >= 11 is 0. The van der Waals surface area contributed by atoms with Crippen LogP contribution in [0.1, 0.15) is 40.5 Å². The maximum atomic E-state index is 11.0. The van der Waals surface area contributed by atoms with Crippen molar-refractivity contribution < 1.29 is 14.9 Å². The van der Waals surface area contributed by atoms with Crippen molar-refractivity contribution in [2.45, 2.75) is 40.5 Å². The molecule has 3 heteroatoms. The summed E-state index contributed by atoms with van der Waals surface area (Å²) in [5.41, 5.74) is -0.570. The first-order chi connectivity index (χ1) is 5.40. The third-order valence-corrected chi connectivity index (χ3v) is 1.98. The van der Waals surface area contributed by atoms with E-state index in [1.165, 1.54) is 0 Å². The van der Waals surface area contributed by atoms with E-state index in [2.05, 4.69) is 18.7 Å². The van der Waals surface area contributed by atoms with Gasteiger partial charge < -0.3 is 4.89 Å². The molecule has 0 spiro atoms. The van der Waals surface area contributed by atoms with Gasteiger partial charge in [0.05, 0.1) is 5.41 Å². The Bertz CT molecular complexity index is 150. The lowest BCUT2D eigenvalue weighted by atomic mass is 9.85. The number of hydrogen-bond donors (Lipinski definition) is 1. The van der Waals surface area contributed by atoms with Gasteiger partial charge in [-0.25, -0.2) is 4.79 Å². The fraction of sp³-hybridized carbons (Fsp3) is 0.889. The van der Waals surface area contributed by atoms with Crippen LogP contribution in [0.4, 0.5) is 0 Å². The standard InChI is InChI=1S/C9H18O3/c1-7(2)5-6-9(3,4)8(10)12-11/h7,11H,5-6H2,1-4H3. The lowest BCUT2D eigenvalue weighted by molar-refractivity contribution is -0.244. The summed E-state index contributed by atoms with van der Waals surface area (Å²) in [6, 6.07) is 0.